The zero-order valence-electron chi connectivity index (χ0n) is 22.6. The molecule has 0 heterocycles. The van der Waals surface area contributed by atoms with Crippen LogP contribution in [0.25, 0.3) is 0 Å². The predicted octanol–water partition coefficient (Wildman–Crippen LogP) is 4.83. The van der Waals surface area contributed by atoms with Gasteiger partial charge in [0.25, 0.3) is 10.0 Å². The summed E-state index contributed by atoms with van der Waals surface area (Å²) in [6, 6.07) is 22.2. The summed E-state index contributed by atoms with van der Waals surface area (Å²) in [4.78, 5) is 28.7. The summed E-state index contributed by atoms with van der Waals surface area (Å²) in [7, 11) is -4.07. The Hall–Kier alpha value is -3.65. The van der Waals surface area contributed by atoms with Crippen LogP contribution >= 0.6 is 0 Å². The zero-order valence-corrected chi connectivity index (χ0v) is 23.4. The molecule has 0 spiro atoms. The molecule has 0 aliphatic carbocycles. The molecule has 2 amide bonds. The lowest BCUT2D eigenvalue weighted by Crippen LogP contribution is -2.52. The predicted molar refractivity (Wildman–Crippen MR) is 151 cm³/mol. The second kappa shape index (κ2) is 13.2. The van der Waals surface area contributed by atoms with Gasteiger partial charge in [-0.15, -0.1) is 0 Å². The van der Waals surface area contributed by atoms with Crippen LogP contribution in [-0.4, -0.2) is 44.3 Å². The summed E-state index contributed by atoms with van der Waals surface area (Å²) < 4.78 is 28.9. The first kappa shape index (κ1) is 28.9. The van der Waals surface area contributed by atoms with Crippen molar-refractivity contribution in [3.63, 3.8) is 0 Å². The number of hydrogen-bond acceptors (Lipinski definition) is 4. The van der Waals surface area contributed by atoms with Crippen LogP contribution in [-0.2, 0) is 26.2 Å². The topological polar surface area (TPSA) is 86.8 Å². The molecule has 3 aromatic carbocycles. The van der Waals surface area contributed by atoms with Crippen molar-refractivity contribution in [2.45, 2.75) is 58.0 Å². The molecule has 38 heavy (non-hydrogen) atoms. The summed E-state index contributed by atoms with van der Waals surface area (Å²) in [5.74, 6) is -0.700. The van der Waals surface area contributed by atoms with Gasteiger partial charge >= 0.3 is 0 Å². The molecule has 0 radical (unpaired) electrons. The van der Waals surface area contributed by atoms with Gasteiger partial charge in [-0.25, -0.2) is 8.42 Å². The number of rotatable bonds is 12. The molecule has 1 atom stereocenters. The third-order valence-electron chi connectivity index (χ3n) is 6.36. The van der Waals surface area contributed by atoms with Crippen molar-refractivity contribution < 1.29 is 18.0 Å². The molecular weight excluding hydrogens is 498 g/mol. The largest absolute Gasteiger partial charge is 0.354 e. The van der Waals surface area contributed by atoms with Crippen LogP contribution in [0.1, 0.15) is 43.4 Å². The molecule has 1 unspecified atom stereocenters. The summed E-state index contributed by atoms with van der Waals surface area (Å²) in [5.41, 5.74) is 3.00. The molecule has 0 saturated heterocycles. The van der Waals surface area contributed by atoms with Crippen LogP contribution in [0.2, 0.25) is 0 Å². The van der Waals surface area contributed by atoms with Gasteiger partial charge in [0.1, 0.15) is 12.6 Å². The third-order valence-corrected chi connectivity index (χ3v) is 8.14. The van der Waals surface area contributed by atoms with Crippen molar-refractivity contribution in [1.29, 1.82) is 0 Å². The molecule has 0 fully saturated rings. The number of sulfonamides is 1. The van der Waals surface area contributed by atoms with Crippen molar-refractivity contribution in [1.82, 2.24) is 10.2 Å². The maximum Gasteiger partial charge on any atom is 0.264 e. The van der Waals surface area contributed by atoms with Crippen molar-refractivity contribution in [2.24, 2.45) is 0 Å². The monoisotopic (exact) mass is 535 g/mol. The Morgan fingerprint density at radius 3 is 2.11 bits per heavy atom. The van der Waals surface area contributed by atoms with Crippen LogP contribution in [0.5, 0.6) is 0 Å². The lowest BCUT2D eigenvalue weighted by atomic mass is 10.1. The van der Waals surface area contributed by atoms with Crippen molar-refractivity contribution in [3.05, 3.63) is 95.6 Å². The number of carbonyl (C=O) groups excluding carboxylic acids is 2. The van der Waals surface area contributed by atoms with Crippen LogP contribution < -0.4 is 9.62 Å². The van der Waals surface area contributed by atoms with E-state index in [4.69, 9.17) is 0 Å². The van der Waals surface area contributed by atoms with Gasteiger partial charge in [-0.2, -0.15) is 0 Å². The van der Waals surface area contributed by atoms with Crippen LogP contribution in [0.3, 0.4) is 0 Å². The Labute approximate surface area is 226 Å². The van der Waals surface area contributed by atoms with E-state index in [0.717, 1.165) is 27.4 Å². The Bertz CT molecular complexity index is 1330. The van der Waals surface area contributed by atoms with E-state index in [1.54, 1.807) is 24.3 Å². The Balaban J connectivity index is 2.06. The van der Waals surface area contributed by atoms with E-state index in [-0.39, 0.29) is 17.3 Å². The maximum absolute atomic E-state index is 14.0. The first-order chi connectivity index (χ1) is 18.2. The molecule has 3 rings (SSSR count). The number of carbonyl (C=O) groups is 2. The summed E-state index contributed by atoms with van der Waals surface area (Å²) >= 11 is 0. The third kappa shape index (κ3) is 7.01. The zero-order chi connectivity index (χ0) is 27.7. The molecule has 1 N–H and O–H groups in total. The number of nitrogens with zero attached hydrogens (tertiary/aromatic N) is 2. The normalized spacial score (nSPS) is 12.0. The van der Waals surface area contributed by atoms with E-state index in [0.29, 0.717) is 18.7 Å². The van der Waals surface area contributed by atoms with E-state index < -0.39 is 28.5 Å². The lowest BCUT2D eigenvalue weighted by Gasteiger charge is -2.33. The first-order valence-electron chi connectivity index (χ1n) is 12.9. The van der Waals surface area contributed by atoms with Gasteiger partial charge in [0.15, 0.2) is 0 Å². The second-order valence-corrected chi connectivity index (χ2v) is 11.2. The highest BCUT2D eigenvalue weighted by atomic mass is 32.2. The fourth-order valence-corrected chi connectivity index (χ4v) is 5.88. The second-order valence-electron chi connectivity index (χ2n) is 9.34. The SMILES string of the molecule is CCCNC(=O)C(CC)N(Cc1ccccc1)C(=O)CN(c1ccc(C)cc1C)S(=O)(=O)c1ccccc1. The molecular formula is C30H37N3O4S. The van der Waals surface area contributed by atoms with Crippen molar-refractivity contribution >= 4 is 27.5 Å². The summed E-state index contributed by atoms with van der Waals surface area (Å²) in [6.45, 7) is 7.82. The van der Waals surface area contributed by atoms with Gasteiger partial charge in [-0.05, 0) is 56.0 Å². The molecule has 0 aliphatic heterocycles. The van der Waals surface area contributed by atoms with E-state index in [9.17, 15) is 18.0 Å². The van der Waals surface area contributed by atoms with Crippen molar-refractivity contribution in [3.8, 4) is 0 Å². The summed E-state index contributed by atoms with van der Waals surface area (Å²) in [5, 5.41) is 2.90. The quantitative estimate of drug-likeness (QED) is 0.360. The Kier molecular flexibility index (Phi) is 10.1. The highest BCUT2D eigenvalue weighted by Crippen LogP contribution is 2.28. The van der Waals surface area contributed by atoms with Gasteiger partial charge in [0, 0.05) is 13.1 Å². The smallest absolute Gasteiger partial charge is 0.264 e. The molecule has 0 saturated carbocycles. The van der Waals surface area contributed by atoms with Gasteiger partial charge in [-0.1, -0.05) is 80.1 Å². The standard InChI is InChI=1S/C30H37N3O4S/c1-5-19-31-30(35)27(6-2)32(21-25-13-9-7-10-14-25)29(34)22-33(28-18-17-23(3)20-24(28)4)38(36,37)26-15-11-8-12-16-26/h7-18,20,27H,5-6,19,21-22H2,1-4H3,(H,31,35). The lowest BCUT2D eigenvalue weighted by molar-refractivity contribution is -0.140. The summed E-state index contributed by atoms with van der Waals surface area (Å²) in [6.07, 6.45) is 1.16. The number of nitrogens with one attached hydrogen (secondary N) is 1. The van der Waals surface area contributed by atoms with Crippen LogP contribution in [0.15, 0.2) is 83.8 Å². The molecule has 202 valence electrons. The van der Waals surface area contributed by atoms with Gasteiger partial charge in [0.05, 0.1) is 10.6 Å². The molecule has 0 aliphatic rings. The maximum atomic E-state index is 14.0. The average Bonchev–Trinajstić information content (AvgIpc) is 2.91. The Morgan fingerprint density at radius 2 is 1.53 bits per heavy atom. The highest BCUT2D eigenvalue weighted by molar-refractivity contribution is 7.92. The molecule has 3 aromatic rings. The number of aryl methyl sites for hydroxylation is 2. The van der Waals surface area contributed by atoms with Gasteiger partial charge in [0.2, 0.25) is 11.8 Å². The minimum atomic E-state index is -4.07. The first-order valence-corrected chi connectivity index (χ1v) is 14.4. The molecule has 0 bridgehead atoms. The van der Waals surface area contributed by atoms with E-state index in [2.05, 4.69) is 5.32 Å². The van der Waals surface area contributed by atoms with Crippen molar-refractivity contribution in [2.75, 3.05) is 17.4 Å². The molecule has 0 aromatic heterocycles. The van der Waals surface area contributed by atoms with Gasteiger partial charge < -0.3 is 10.2 Å². The van der Waals surface area contributed by atoms with E-state index in [1.165, 1.54) is 17.0 Å². The fraction of sp³-hybridized carbons (Fsp3) is 0.333. The van der Waals surface area contributed by atoms with E-state index in [1.807, 2.05) is 70.2 Å². The Morgan fingerprint density at radius 1 is 0.895 bits per heavy atom. The molecule has 8 heteroatoms. The minimum Gasteiger partial charge on any atom is -0.354 e. The van der Waals surface area contributed by atoms with Crippen LogP contribution in [0, 0.1) is 13.8 Å². The van der Waals surface area contributed by atoms with Gasteiger partial charge in [-0.3, -0.25) is 13.9 Å². The minimum absolute atomic E-state index is 0.0927. The number of anilines is 1. The number of benzene rings is 3. The number of amides is 2. The fourth-order valence-electron chi connectivity index (χ4n) is 4.38. The number of hydrogen-bond donors (Lipinski definition) is 1. The van der Waals surface area contributed by atoms with E-state index >= 15 is 0 Å². The molecule has 7 nitrogen and oxygen atoms in total. The van der Waals surface area contributed by atoms with Crippen LogP contribution in [0.4, 0.5) is 5.69 Å². The highest BCUT2D eigenvalue weighted by Gasteiger charge is 2.34. The average molecular weight is 536 g/mol.